The molecule has 17 heavy (non-hydrogen) atoms. The van der Waals surface area contributed by atoms with Gasteiger partial charge >= 0.3 is 0 Å². The summed E-state index contributed by atoms with van der Waals surface area (Å²) in [5.41, 5.74) is 5.67. The molecule has 2 amide bonds. The van der Waals surface area contributed by atoms with Crippen molar-refractivity contribution in [2.24, 2.45) is 5.73 Å². The fourth-order valence-electron chi connectivity index (χ4n) is 1.04. The number of carbonyl (C=O) groups excluding carboxylic acids is 2. The van der Waals surface area contributed by atoms with Crippen LogP contribution in [0.4, 0.5) is 0 Å². The van der Waals surface area contributed by atoms with Gasteiger partial charge in [-0.15, -0.1) is 0 Å². The highest BCUT2D eigenvalue weighted by atomic mass is 16.2. The van der Waals surface area contributed by atoms with Gasteiger partial charge in [0.15, 0.2) is 0 Å². The minimum absolute atomic E-state index is 0.231. The van der Waals surface area contributed by atoms with Crippen molar-refractivity contribution in [2.45, 2.75) is 0 Å². The number of primary amides is 1. The van der Waals surface area contributed by atoms with Crippen LogP contribution in [0.15, 0.2) is 18.5 Å². The topological polar surface area (TPSA) is 105 Å². The second-order valence-corrected chi connectivity index (χ2v) is 3.07. The summed E-state index contributed by atoms with van der Waals surface area (Å²) < 4.78 is 0. The Labute approximate surface area is 97.8 Å². The van der Waals surface area contributed by atoms with Crippen LogP contribution in [-0.2, 0) is 4.79 Å². The fraction of sp³-hybridized carbons (Fsp3) is 0.182. The molecule has 6 nitrogen and oxygen atoms in total. The van der Waals surface area contributed by atoms with Crippen LogP contribution in [0.25, 0.3) is 0 Å². The van der Waals surface area contributed by atoms with Crippen molar-refractivity contribution >= 4 is 11.8 Å². The van der Waals surface area contributed by atoms with Crippen molar-refractivity contribution in [3.63, 3.8) is 0 Å². The smallest absolute Gasteiger partial charge is 0.253 e. The molecule has 4 N–H and O–H groups in total. The highest BCUT2D eigenvalue weighted by Crippen LogP contribution is 2.01. The maximum atomic E-state index is 11.5. The normalized spacial score (nSPS) is 9.00. The number of pyridine rings is 1. The van der Waals surface area contributed by atoms with Crippen molar-refractivity contribution in [1.82, 2.24) is 10.3 Å². The van der Waals surface area contributed by atoms with Gasteiger partial charge in [-0.3, -0.25) is 14.6 Å². The molecular weight excluding hydrogens is 222 g/mol. The lowest BCUT2D eigenvalue weighted by molar-refractivity contribution is -0.117. The number of aliphatic hydroxyl groups excluding tert-OH is 1. The minimum Gasteiger partial charge on any atom is -0.384 e. The Balaban J connectivity index is 2.77. The van der Waals surface area contributed by atoms with Crippen molar-refractivity contribution in [2.75, 3.05) is 13.2 Å². The number of carbonyl (C=O) groups is 2. The summed E-state index contributed by atoms with van der Waals surface area (Å²) in [7, 11) is 0. The summed E-state index contributed by atoms with van der Waals surface area (Å²) >= 11 is 0. The summed E-state index contributed by atoms with van der Waals surface area (Å²) in [6, 6.07) is 1.51. The SMILES string of the molecule is NC(=O)CNC(=O)c1cncc(C#CCO)c1. The molecule has 6 heteroatoms. The first-order valence-electron chi connectivity index (χ1n) is 4.74. The summed E-state index contributed by atoms with van der Waals surface area (Å²) in [5, 5.41) is 10.9. The molecule has 0 unspecified atom stereocenters. The molecule has 1 aromatic rings. The third-order valence-electron chi connectivity index (χ3n) is 1.74. The molecule has 0 aliphatic carbocycles. The predicted molar refractivity (Wildman–Crippen MR) is 59.7 cm³/mol. The van der Waals surface area contributed by atoms with Gasteiger partial charge in [-0.2, -0.15) is 0 Å². The maximum Gasteiger partial charge on any atom is 0.253 e. The molecule has 0 spiro atoms. The zero-order valence-electron chi connectivity index (χ0n) is 8.93. The van der Waals surface area contributed by atoms with Crippen LogP contribution in [-0.4, -0.2) is 35.1 Å². The number of nitrogens with one attached hydrogen (secondary N) is 1. The highest BCUT2D eigenvalue weighted by Gasteiger charge is 2.06. The highest BCUT2D eigenvalue weighted by molar-refractivity contribution is 5.96. The molecule has 0 saturated heterocycles. The van der Waals surface area contributed by atoms with Crippen LogP contribution in [0.2, 0.25) is 0 Å². The molecule has 1 aromatic heterocycles. The Morgan fingerprint density at radius 1 is 1.47 bits per heavy atom. The second-order valence-electron chi connectivity index (χ2n) is 3.07. The van der Waals surface area contributed by atoms with E-state index in [4.69, 9.17) is 10.8 Å². The number of amides is 2. The van der Waals surface area contributed by atoms with Crippen LogP contribution in [0.5, 0.6) is 0 Å². The summed E-state index contributed by atoms with van der Waals surface area (Å²) in [4.78, 5) is 25.8. The zero-order chi connectivity index (χ0) is 12.7. The minimum atomic E-state index is -0.623. The first kappa shape index (κ1) is 12.7. The number of hydrogen-bond acceptors (Lipinski definition) is 4. The van der Waals surface area contributed by atoms with Crippen LogP contribution >= 0.6 is 0 Å². The summed E-state index contributed by atoms with van der Waals surface area (Å²) in [6.07, 6.45) is 2.81. The number of rotatable bonds is 3. The standard InChI is InChI=1S/C11H11N3O3/c12-10(16)7-14-11(17)9-4-8(2-1-3-15)5-13-6-9/h4-6,15H,3,7H2,(H2,12,16)(H,14,17). The van der Waals surface area contributed by atoms with E-state index in [1.807, 2.05) is 0 Å². The number of aliphatic hydroxyl groups is 1. The Morgan fingerprint density at radius 2 is 2.24 bits per heavy atom. The molecule has 1 rings (SSSR count). The lowest BCUT2D eigenvalue weighted by Gasteiger charge is -2.02. The molecule has 88 valence electrons. The molecule has 0 aromatic carbocycles. The van der Waals surface area contributed by atoms with Crippen molar-refractivity contribution < 1.29 is 14.7 Å². The monoisotopic (exact) mass is 233 g/mol. The largest absolute Gasteiger partial charge is 0.384 e. The third kappa shape index (κ3) is 4.32. The van der Waals surface area contributed by atoms with Gasteiger partial charge in [0.25, 0.3) is 5.91 Å². The third-order valence-corrected chi connectivity index (χ3v) is 1.74. The average Bonchev–Trinajstić information content (AvgIpc) is 2.33. The second kappa shape index (κ2) is 6.25. The van der Waals surface area contributed by atoms with E-state index >= 15 is 0 Å². The van der Waals surface area contributed by atoms with Crippen LogP contribution in [0.1, 0.15) is 15.9 Å². The van der Waals surface area contributed by atoms with Gasteiger partial charge in [0.1, 0.15) is 6.61 Å². The average molecular weight is 233 g/mol. The van der Waals surface area contributed by atoms with Crippen molar-refractivity contribution in [1.29, 1.82) is 0 Å². The molecule has 0 bridgehead atoms. The maximum absolute atomic E-state index is 11.5. The number of hydrogen-bond donors (Lipinski definition) is 3. The predicted octanol–water partition coefficient (Wildman–Crippen LogP) is -1.36. The van der Waals surface area contributed by atoms with E-state index < -0.39 is 11.8 Å². The van der Waals surface area contributed by atoms with E-state index in [1.165, 1.54) is 18.5 Å². The molecule has 0 aliphatic heterocycles. The Bertz CT molecular complexity index is 488. The van der Waals surface area contributed by atoms with Gasteiger partial charge in [-0.1, -0.05) is 11.8 Å². The molecule has 0 fully saturated rings. The van der Waals surface area contributed by atoms with E-state index in [2.05, 4.69) is 22.1 Å². The van der Waals surface area contributed by atoms with Gasteiger partial charge < -0.3 is 16.2 Å². The first-order valence-corrected chi connectivity index (χ1v) is 4.74. The molecular formula is C11H11N3O3. The molecule has 0 atom stereocenters. The van der Waals surface area contributed by atoms with Crippen LogP contribution in [0, 0.1) is 11.8 Å². The Morgan fingerprint density at radius 3 is 2.88 bits per heavy atom. The van der Waals surface area contributed by atoms with Gasteiger partial charge in [0.2, 0.25) is 5.91 Å². The summed E-state index contributed by atoms with van der Waals surface area (Å²) in [5.74, 6) is 3.98. The van der Waals surface area contributed by atoms with Crippen molar-refractivity contribution in [3.05, 3.63) is 29.6 Å². The molecule has 1 heterocycles. The van der Waals surface area contributed by atoms with E-state index in [9.17, 15) is 9.59 Å². The fourth-order valence-corrected chi connectivity index (χ4v) is 1.04. The lowest BCUT2D eigenvalue weighted by Crippen LogP contribution is -2.33. The quantitative estimate of drug-likeness (QED) is 0.561. The molecule has 0 aliphatic rings. The first-order chi connectivity index (χ1) is 8.13. The lowest BCUT2D eigenvalue weighted by atomic mass is 10.2. The van der Waals surface area contributed by atoms with Gasteiger partial charge in [-0.05, 0) is 6.07 Å². The van der Waals surface area contributed by atoms with E-state index in [1.54, 1.807) is 0 Å². The van der Waals surface area contributed by atoms with Crippen molar-refractivity contribution in [3.8, 4) is 11.8 Å². The van der Waals surface area contributed by atoms with E-state index in [0.717, 1.165) is 0 Å². The molecule has 0 saturated carbocycles. The van der Waals surface area contributed by atoms with E-state index in [0.29, 0.717) is 5.56 Å². The Hall–Kier alpha value is -2.39. The Kier molecular flexibility index (Phi) is 4.66. The summed E-state index contributed by atoms with van der Waals surface area (Å²) in [6.45, 7) is -0.497. The zero-order valence-corrected chi connectivity index (χ0v) is 8.93. The number of nitrogens with two attached hydrogens (primary N) is 1. The number of nitrogens with zero attached hydrogens (tertiary/aromatic N) is 1. The van der Waals surface area contributed by atoms with Crippen LogP contribution in [0.3, 0.4) is 0 Å². The number of aromatic nitrogens is 1. The van der Waals surface area contributed by atoms with Gasteiger partial charge in [-0.25, -0.2) is 0 Å². The van der Waals surface area contributed by atoms with Crippen LogP contribution < -0.4 is 11.1 Å². The van der Waals surface area contributed by atoms with Gasteiger partial charge in [0, 0.05) is 18.0 Å². The van der Waals surface area contributed by atoms with Gasteiger partial charge in [0.05, 0.1) is 12.1 Å². The molecule has 0 radical (unpaired) electrons. The van der Waals surface area contributed by atoms with E-state index in [-0.39, 0.29) is 18.7 Å².